The Bertz CT molecular complexity index is 2090. The van der Waals surface area contributed by atoms with Gasteiger partial charge in [0.25, 0.3) is 0 Å². The molecule has 0 heterocycles. The highest BCUT2D eigenvalue weighted by Crippen LogP contribution is 2.62. The molecule has 6 aromatic carbocycles. The molecule has 0 amide bonds. The van der Waals surface area contributed by atoms with Crippen LogP contribution < -0.4 is 28.4 Å². The minimum Gasteiger partial charge on any atom is -0.449 e. The van der Waals surface area contributed by atoms with E-state index in [4.69, 9.17) is 28.4 Å². The number of ether oxygens (including phenoxy) is 6. The summed E-state index contributed by atoms with van der Waals surface area (Å²) >= 11 is 6.50. The van der Waals surface area contributed by atoms with Gasteiger partial charge >= 0.3 is 11.9 Å². The molecule has 0 aliphatic rings. The standard InChI is InChI=1S/C41H29F2I3O7/c1-24-4-14-29(15-5-24)48-35-34(50-31-18-8-26(44)9-19-31)36(51-32-20-10-27(45)11-21-32)37(49-30-16-6-25(2)7-17-30)39(53-40(47)41(3,42)43)38(35)52-33-22-12-28(46)13-23-33/h4-23H,1-3H3. The molecule has 0 aliphatic carbocycles. The van der Waals surface area contributed by atoms with E-state index < -0.39 is 17.6 Å². The molecule has 12 heteroatoms. The number of aryl methyl sites for hydroxylation is 2. The Hall–Kier alpha value is -4.16. The summed E-state index contributed by atoms with van der Waals surface area (Å²) in [6, 6.07) is 35.3. The number of halogens is 5. The second kappa shape index (κ2) is 16.9. The SMILES string of the molecule is Cc1ccc(Oc2c(OC(=O)C(C)(F)F)c(Oc3ccc(I)cc3)c(Oc3ccc(C)cc3)c(Oc3ccc(I)cc3)c2Oc2ccc(I)cc2)cc1. The number of rotatable bonds is 12. The average Bonchev–Trinajstić information content (AvgIpc) is 3.13. The molecule has 7 nitrogen and oxygen atoms in total. The van der Waals surface area contributed by atoms with Gasteiger partial charge in [-0.15, -0.1) is 0 Å². The molecule has 0 saturated carbocycles. The van der Waals surface area contributed by atoms with E-state index >= 15 is 0 Å². The van der Waals surface area contributed by atoms with Crippen molar-refractivity contribution in [3.8, 4) is 63.2 Å². The van der Waals surface area contributed by atoms with Gasteiger partial charge in [0.1, 0.15) is 28.7 Å². The Kier molecular flexibility index (Phi) is 12.3. The Morgan fingerprint density at radius 2 is 0.660 bits per heavy atom. The summed E-state index contributed by atoms with van der Waals surface area (Å²) in [6.45, 7) is 4.27. The Balaban J connectivity index is 1.72. The number of carbonyl (C=O) groups is 1. The molecule has 0 fully saturated rings. The lowest BCUT2D eigenvalue weighted by molar-refractivity contribution is -0.159. The Morgan fingerprint density at radius 3 is 0.906 bits per heavy atom. The van der Waals surface area contributed by atoms with Crippen LogP contribution in [0.2, 0.25) is 0 Å². The number of benzene rings is 6. The van der Waals surface area contributed by atoms with Gasteiger partial charge in [-0.3, -0.25) is 0 Å². The van der Waals surface area contributed by atoms with Gasteiger partial charge in [0, 0.05) is 17.6 Å². The maximum Gasteiger partial charge on any atom is 0.382 e. The van der Waals surface area contributed by atoms with Crippen LogP contribution in [0.5, 0.6) is 63.2 Å². The van der Waals surface area contributed by atoms with Gasteiger partial charge < -0.3 is 28.4 Å². The van der Waals surface area contributed by atoms with E-state index in [1.807, 2.05) is 62.4 Å². The zero-order chi connectivity index (χ0) is 37.7. The lowest BCUT2D eigenvalue weighted by atomic mass is 10.2. The summed E-state index contributed by atoms with van der Waals surface area (Å²) in [5.74, 6) is -5.66. The summed E-state index contributed by atoms with van der Waals surface area (Å²) in [5, 5.41) is 0. The maximum absolute atomic E-state index is 14.7. The molecule has 0 aliphatic heterocycles. The van der Waals surface area contributed by atoms with Gasteiger partial charge in [-0.1, -0.05) is 35.4 Å². The molecule has 0 atom stereocenters. The first-order valence-electron chi connectivity index (χ1n) is 16.0. The second-order valence-corrected chi connectivity index (χ2v) is 15.5. The highest BCUT2D eigenvalue weighted by molar-refractivity contribution is 14.1. The molecule has 0 unspecified atom stereocenters. The smallest absolute Gasteiger partial charge is 0.382 e. The van der Waals surface area contributed by atoms with E-state index in [1.165, 1.54) is 0 Å². The van der Waals surface area contributed by atoms with Crippen molar-refractivity contribution in [2.75, 3.05) is 0 Å². The van der Waals surface area contributed by atoms with Crippen LogP contribution in [-0.4, -0.2) is 11.9 Å². The van der Waals surface area contributed by atoms with Crippen LogP contribution in [0.25, 0.3) is 0 Å². The lowest BCUT2D eigenvalue weighted by Gasteiger charge is -2.25. The molecule has 6 rings (SSSR count). The quantitative estimate of drug-likeness (QED) is 0.0687. The first-order chi connectivity index (χ1) is 25.3. The van der Waals surface area contributed by atoms with E-state index in [2.05, 4.69) is 67.8 Å². The molecular formula is C41H29F2I3O7. The third-order valence-corrected chi connectivity index (χ3v) is 9.53. The molecule has 0 N–H and O–H groups in total. The Morgan fingerprint density at radius 1 is 0.434 bits per heavy atom. The first-order valence-corrected chi connectivity index (χ1v) is 19.2. The van der Waals surface area contributed by atoms with E-state index in [0.717, 1.165) is 21.8 Å². The largest absolute Gasteiger partial charge is 0.449 e. The van der Waals surface area contributed by atoms with Crippen molar-refractivity contribution >= 4 is 73.7 Å². The lowest BCUT2D eigenvalue weighted by Crippen LogP contribution is -2.29. The van der Waals surface area contributed by atoms with Crippen molar-refractivity contribution in [3.63, 3.8) is 0 Å². The third kappa shape index (κ3) is 10.1. The molecule has 6 aromatic rings. The number of alkyl halides is 2. The topological polar surface area (TPSA) is 72.5 Å². The summed E-state index contributed by atoms with van der Waals surface area (Å²) in [7, 11) is 0. The number of hydrogen-bond donors (Lipinski definition) is 0. The predicted octanol–water partition coefficient (Wildman–Crippen LogP) is 13.6. The Labute approximate surface area is 346 Å². The minimum atomic E-state index is -3.91. The molecule has 53 heavy (non-hydrogen) atoms. The fourth-order valence-corrected chi connectivity index (χ4v) is 5.75. The summed E-state index contributed by atoms with van der Waals surface area (Å²) < 4.78 is 70.5. The van der Waals surface area contributed by atoms with Crippen LogP contribution in [0.1, 0.15) is 18.1 Å². The van der Waals surface area contributed by atoms with E-state index in [9.17, 15) is 13.6 Å². The molecule has 0 spiro atoms. The molecule has 0 saturated heterocycles. The van der Waals surface area contributed by atoms with Crippen LogP contribution >= 0.6 is 67.8 Å². The average molecular weight is 1050 g/mol. The minimum absolute atomic E-state index is 0.0592. The van der Waals surface area contributed by atoms with Gasteiger partial charge in [-0.05, 0) is 179 Å². The highest BCUT2D eigenvalue weighted by Gasteiger charge is 2.40. The van der Waals surface area contributed by atoms with Gasteiger partial charge in [0.05, 0.1) is 0 Å². The highest BCUT2D eigenvalue weighted by atomic mass is 127. The van der Waals surface area contributed by atoms with Crippen molar-refractivity contribution in [1.29, 1.82) is 0 Å². The number of hydrogen-bond acceptors (Lipinski definition) is 7. The van der Waals surface area contributed by atoms with Crippen LogP contribution in [-0.2, 0) is 4.79 Å². The van der Waals surface area contributed by atoms with Crippen molar-refractivity contribution in [2.24, 2.45) is 0 Å². The monoisotopic (exact) mass is 1050 g/mol. The zero-order valence-corrected chi connectivity index (χ0v) is 34.8. The molecule has 270 valence electrons. The van der Waals surface area contributed by atoms with E-state index in [1.54, 1.807) is 72.8 Å². The third-order valence-electron chi connectivity index (χ3n) is 7.37. The van der Waals surface area contributed by atoms with Crippen molar-refractivity contribution in [2.45, 2.75) is 26.7 Å². The second-order valence-electron chi connectivity index (χ2n) is 11.8. The molecular weight excluding hydrogens is 1020 g/mol. The first kappa shape index (κ1) is 38.6. The van der Waals surface area contributed by atoms with Gasteiger partial charge in [-0.25, -0.2) is 4.79 Å². The molecule has 0 radical (unpaired) electrons. The van der Waals surface area contributed by atoms with Crippen LogP contribution in [0, 0.1) is 24.6 Å². The zero-order valence-electron chi connectivity index (χ0n) is 28.3. The van der Waals surface area contributed by atoms with Gasteiger partial charge in [0.15, 0.2) is 0 Å². The fraction of sp³-hybridized carbons (Fsp3) is 0.0976. The van der Waals surface area contributed by atoms with Crippen molar-refractivity contribution < 1.29 is 42.0 Å². The molecule has 0 bridgehead atoms. The van der Waals surface area contributed by atoms with E-state index in [0.29, 0.717) is 24.2 Å². The van der Waals surface area contributed by atoms with Crippen LogP contribution in [0.3, 0.4) is 0 Å². The number of carbonyl (C=O) groups excluding carboxylic acids is 1. The summed E-state index contributed by atoms with van der Waals surface area (Å²) in [5.41, 5.74) is 1.91. The van der Waals surface area contributed by atoms with Gasteiger partial charge in [-0.2, -0.15) is 8.78 Å². The summed E-state index contributed by atoms with van der Waals surface area (Å²) in [6.07, 6.45) is 0. The normalized spacial score (nSPS) is 11.1. The molecule has 0 aromatic heterocycles. The van der Waals surface area contributed by atoms with Crippen LogP contribution in [0.15, 0.2) is 121 Å². The van der Waals surface area contributed by atoms with Crippen LogP contribution in [0.4, 0.5) is 8.78 Å². The maximum atomic E-state index is 14.7. The predicted molar refractivity (Wildman–Crippen MR) is 223 cm³/mol. The fourth-order valence-electron chi connectivity index (χ4n) is 4.67. The summed E-state index contributed by atoms with van der Waals surface area (Å²) in [4.78, 5) is 13.2. The number of esters is 1. The van der Waals surface area contributed by atoms with Gasteiger partial charge in [0.2, 0.25) is 34.5 Å². The van der Waals surface area contributed by atoms with Crippen molar-refractivity contribution in [1.82, 2.24) is 0 Å². The van der Waals surface area contributed by atoms with E-state index in [-0.39, 0.29) is 40.2 Å². The van der Waals surface area contributed by atoms with Crippen molar-refractivity contribution in [3.05, 3.63) is 143 Å².